The molecule has 2 fully saturated rings. The molecule has 0 aromatic carbocycles. The summed E-state index contributed by atoms with van der Waals surface area (Å²) in [5.74, 6) is 1.58. The Morgan fingerprint density at radius 1 is 1.00 bits per heavy atom. The molecule has 0 amide bonds. The van der Waals surface area contributed by atoms with Gasteiger partial charge in [0, 0.05) is 12.6 Å². The van der Waals surface area contributed by atoms with Crippen molar-refractivity contribution in [3.05, 3.63) is 0 Å². The zero-order valence-electron chi connectivity index (χ0n) is 11.5. The Balaban J connectivity index is 1.87. The van der Waals surface area contributed by atoms with Gasteiger partial charge in [0.1, 0.15) is 0 Å². The van der Waals surface area contributed by atoms with Crippen LogP contribution in [0.4, 0.5) is 0 Å². The van der Waals surface area contributed by atoms with Gasteiger partial charge >= 0.3 is 0 Å². The van der Waals surface area contributed by atoms with Crippen LogP contribution >= 0.6 is 0 Å². The molecule has 100 valence electrons. The highest BCUT2D eigenvalue weighted by molar-refractivity contribution is 4.83. The predicted octanol–water partition coefficient (Wildman–Crippen LogP) is 3.02. The lowest BCUT2D eigenvalue weighted by molar-refractivity contribution is 0.0779. The minimum absolute atomic E-state index is 0.745. The van der Waals surface area contributed by atoms with Crippen molar-refractivity contribution < 1.29 is 0 Å². The van der Waals surface area contributed by atoms with Gasteiger partial charge < -0.3 is 10.6 Å². The molecule has 2 N–H and O–H groups in total. The van der Waals surface area contributed by atoms with Crippen LogP contribution in [0.3, 0.4) is 0 Å². The molecule has 1 saturated heterocycles. The fourth-order valence-electron chi connectivity index (χ4n) is 3.62. The second-order valence-electron chi connectivity index (χ2n) is 6.26. The Morgan fingerprint density at radius 3 is 2.29 bits per heavy atom. The number of hydrogen-bond acceptors (Lipinski definition) is 2. The van der Waals surface area contributed by atoms with E-state index < -0.39 is 0 Å². The summed E-state index contributed by atoms with van der Waals surface area (Å²) in [6.45, 7) is 5.85. The summed E-state index contributed by atoms with van der Waals surface area (Å²) in [4.78, 5) is 2.77. The zero-order chi connectivity index (χ0) is 12.1. The van der Waals surface area contributed by atoms with Crippen LogP contribution in [0, 0.1) is 11.8 Å². The minimum Gasteiger partial charge on any atom is -0.330 e. The van der Waals surface area contributed by atoms with E-state index in [1.807, 2.05) is 0 Å². The molecule has 1 heterocycles. The van der Waals surface area contributed by atoms with Gasteiger partial charge in [-0.3, -0.25) is 0 Å². The monoisotopic (exact) mass is 238 g/mol. The van der Waals surface area contributed by atoms with Crippen LogP contribution in [0.1, 0.15) is 58.3 Å². The maximum atomic E-state index is 5.91. The number of rotatable bonds is 2. The van der Waals surface area contributed by atoms with Crippen molar-refractivity contribution in [1.82, 2.24) is 4.90 Å². The molecule has 2 nitrogen and oxygen atoms in total. The molecule has 1 aliphatic carbocycles. The number of nitrogens with zero attached hydrogens (tertiary/aromatic N) is 1. The first-order chi connectivity index (χ1) is 8.31. The summed E-state index contributed by atoms with van der Waals surface area (Å²) in [5, 5.41) is 0. The molecule has 2 rings (SSSR count). The first-order valence-electron chi connectivity index (χ1n) is 7.75. The smallest absolute Gasteiger partial charge is 0.00953 e. The Kier molecular flexibility index (Phi) is 5.30. The maximum Gasteiger partial charge on any atom is 0.00953 e. The van der Waals surface area contributed by atoms with Crippen LogP contribution in [-0.4, -0.2) is 30.6 Å². The van der Waals surface area contributed by atoms with Gasteiger partial charge in [-0.05, 0) is 44.2 Å². The lowest BCUT2D eigenvalue weighted by atomic mass is 9.85. The largest absolute Gasteiger partial charge is 0.330 e. The molecular weight excluding hydrogens is 208 g/mol. The second-order valence-corrected chi connectivity index (χ2v) is 6.26. The highest BCUT2D eigenvalue weighted by Crippen LogP contribution is 2.28. The number of likely N-dealkylation sites (tertiary alicyclic amines) is 1. The van der Waals surface area contributed by atoms with Gasteiger partial charge in [0.2, 0.25) is 0 Å². The number of nitrogens with two attached hydrogens (primary N) is 1. The van der Waals surface area contributed by atoms with Crippen molar-refractivity contribution in [1.29, 1.82) is 0 Å². The molecular formula is C15H30N2. The standard InChI is InChI=1S/C15H30N2/c1-13-9-10-17(12-14(13)11-16)15-7-5-3-2-4-6-8-15/h13-15H,2-12,16H2,1H3. The number of hydrogen-bond donors (Lipinski definition) is 1. The third-order valence-electron chi connectivity index (χ3n) is 5.04. The van der Waals surface area contributed by atoms with Gasteiger partial charge in [-0.15, -0.1) is 0 Å². The molecule has 2 unspecified atom stereocenters. The molecule has 1 saturated carbocycles. The van der Waals surface area contributed by atoms with Crippen molar-refractivity contribution in [2.45, 2.75) is 64.3 Å². The van der Waals surface area contributed by atoms with Gasteiger partial charge in [-0.1, -0.05) is 39.0 Å². The quantitative estimate of drug-likeness (QED) is 0.801. The van der Waals surface area contributed by atoms with E-state index >= 15 is 0 Å². The van der Waals surface area contributed by atoms with Gasteiger partial charge in [0.25, 0.3) is 0 Å². The average Bonchev–Trinajstić information content (AvgIpc) is 2.30. The molecule has 1 aliphatic heterocycles. The fourth-order valence-corrected chi connectivity index (χ4v) is 3.62. The van der Waals surface area contributed by atoms with Gasteiger partial charge in [-0.2, -0.15) is 0 Å². The van der Waals surface area contributed by atoms with Gasteiger partial charge in [0.15, 0.2) is 0 Å². The molecule has 0 aromatic heterocycles. The molecule has 0 aromatic rings. The summed E-state index contributed by atoms with van der Waals surface area (Å²) >= 11 is 0. The van der Waals surface area contributed by atoms with Crippen LogP contribution in [0.5, 0.6) is 0 Å². The van der Waals surface area contributed by atoms with Crippen LogP contribution in [-0.2, 0) is 0 Å². The lowest BCUT2D eigenvalue weighted by Crippen LogP contribution is -2.47. The van der Waals surface area contributed by atoms with Gasteiger partial charge in [0.05, 0.1) is 0 Å². The highest BCUT2D eigenvalue weighted by atomic mass is 15.2. The van der Waals surface area contributed by atoms with E-state index in [1.165, 1.54) is 64.5 Å². The molecule has 2 heteroatoms. The normalized spacial score (nSPS) is 34.2. The van der Waals surface area contributed by atoms with Crippen molar-refractivity contribution in [3.8, 4) is 0 Å². The first kappa shape index (κ1) is 13.4. The van der Waals surface area contributed by atoms with Crippen molar-refractivity contribution >= 4 is 0 Å². The molecule has 2 atom stereocenters. The van der Waals surface area contributed by atoms with Crippen molar-refractivity contribution in [3.63, 3.8) is 0 Å². The third kappa shape index (κ3) is 3.69. The summed E-state index contributed by atoms with van der Waals surface area (Å²) in [6.07, 6.45) is 11.5. The van der Waals surface area contributed by atoms with E-state index in [0.29, 0.717) is 0 Å². The fraction of sp³-hybridized carbons (Fsp3) is 1.00. The first-order valence-corrected chi connectivity index (χ1v) is 7.75. The van der Waals surface area contributed by atoms with Crippen molar-refractivity contribution in [2.24, 2.45) is 17.6 Å². The topological polar surface area (TPSA) is 29.3 Å². The minimum atomic E-state index is 0.745. The third-order valence-corrected chi connectivity index (χ3v) is 5.04. The Morgan fingerprint density at radius 2 is 1.65 bits per heavy atom. The summed E-state index contributed by atoms with van der Waals surface area (Å²) in [6, 6.07) is 0.872. The van der Waals surface area contributed by atoms with Crippen LogP contribution in [0.2, 0.25) is 0 Å². The zero-order valence-corrected chi connectivity index (χ0v) is 11.5. The van der Waals surface area contributed by atoms with E-state index in [-0.39, 0.29) is 0 Å². The van der Waals surface area contributed by atoms with Crippen molar-refractivity contribution in [2.75, 3.05) is 19.6 Å². The average molecular weight is 238 g/mol. The van der Waals surface area contributed by atoms with E-state index in [0.717, 1.165) is 24.4 Å². The predicted molar refractivity (Wildman–Crippen MR) is 74.0 cm³/mol. The Hall–Kier alpha value is -0.0800. The lowest BCUT2D eigenvalue weighted by Gasteiger charge is -2.41. The van der Waals surface area contributed by atoms with E-state index in [9.17, 15) is 0 Å². The van der Waals surface area contributed by atoms with E-state index in [1.54, 1.807) is 0 Å². The van der Waals surface area contributed by atoms with Crippen LogP contribution < -0.4 is 5.73 Å². The van der Waals surface area contributed by atoms with Crippen LogP contribution in [0.25, 0.3) is 0 Å². The molecule has 17 heavy (non-hydrogen) atoms. The molecule has 0 spiro atoms. The maximum absolute atomic E-state index is 5.91. The Bertz CT molecular complexity index is 209. The highest BCUT2D eigenvalue weighted by Gasteiger charge is 2.29. The molecule has 0 radical (unpaired) electrons. The summed E-state index contributed by atoms with van der Waals surface area (Å²) in [5.41, 5.74) is 5.91. The SMILES string of the molecule is CC1CCN(C2CCCCCCC2)CC1CN. The van der Waals surface area contributed by atoms with E-state index in [4.69, 9.17) is 5.73 Å². The Labute approximate surface area is 107 Å². The molecule has 2 aliphatic rings. The van der Waals surface area contributed by atoms with E-state index in [2.05, 4.69) is 11.8 Å². The van der Waals surface area contributed by atoms with Crippen LogP contribution in [0.15, 0.2) is 0 Å². The summed E-state index contributed by atoms with van der Waals surface area (Å²) in [7, 11) is 0. The van der Waals surface area contributed by atoms with Gasteiger partial charge in [-0.25, -0.2) is 0 Å². The molecule has 0 bridgehead atoms. The summed E-state index contributed by atoms with van der Waals surface area (Å²) < 4.78 is 0. The number of piperidine rings is 1. The second kappa shape index (κ2) is 6.75.